The zero-order valence-corrected chi connectivity index (χ0v) is 71.5. The second-order valence-corrected chi connectivity index (χ2v) is 34.9. The molecule has 3 unspecified atom stereocenters. The van der Waals surface area contributed by atoms with Gasteiger partial charge in [0, 0.05) is 25.7 Å². The summed E-state index contributed by atoms with van der Waals surface area (Å²) in [7, 11) is -9.93. The molecule has 0 aromatic heterocycles. The van der Waals surface area contributed by atoms with Gasteiger partial charge in [-0.1, -0.05) is 414 Å². The molecule has 0 amide bonds. The number of hydrogen-bond donors (Lipinski definition) is 3. The number of carbonyl (C=O) groups excluding carboxylic acids is 4. The van der Waals surface area contributed by atoms with Gasteiger partial charge in [0.15, 0.2) is 12.2 Å². The van der Waals surface area contributed by atoms with Crippen LogP contribution >= 0.6 is 15.6 Å². The van der Waals surface area contributed by atoms with E-state index >= 15 is 0 Å². The highest BCUT2D eigenvalue weighted by Crippen LogP contribution is 2.45. The lowest BCUT2D eigenvalue weighted by Crippen LogP contribution is -2.30. The maximum Gasteiger partial charge on any atom is 0.472 e. The molecule has 0 aromatic carbocycles. The van der Waals surface area contributed by atoms with E-state index in [0.717, 1.165) is 108 Å². The van der Waals surface area contributed by atoms with Gasteiger partial charge < -0.3 is 33.8 Å². The van der Waals surface area contributed by atoms with Crippen molar-refractivity contribution in [1.82, 2.24) is 0 Å². The minimum absolute atomic E-state index is 0.106. The number of phosphoric ester groups is 2. The minimum atomic E-state index is -4.97. The van der Waals surface area contributed by atoms with Crippen LogP contribution < -0.4 is 0 Å². The Labute approximate surface area is 651 Å². The molecule has 0 radical (unpaired) electrons. The summed E-state index contributed by atoms with van der Waals surface area (Å²) in [4.78, 5) is 73.2. The highest BCUT2D eigenvalue weighted by Gasteiger charge is 2.30. The molecule has 0 aliphatic rings. The Balaban J connectivity index is 5.22. The summed E-state index contributed by atoms with van der Waals surface area (Å²) >= 11 is 0. The number of aliphatic hydroxyl groups is 1. The van der Waals surface area contributed by atoms with E-state index in [4.69, 9.17) is 37.0 Å². The van der Waals surface area contributed by atoms with Crippen molar-refractivity contribution in [1.29, 1.82) is 0 Å². The topological polar surface area (TPSA) is 237 Å². The predicted molar refractivity (Wildman–Crippen MR) is 437 cm³/mol. The van der Waals surface area contributed by atoms with Crippen LogP contribution in [-0.2, 0) is 65.4 Å². The summed E-state index contributed by atoms with van der Waals surface area (Å²) in [6.07, 6.45) is 71.0. The Morgan fingerprint density at radius 1 is 0.274 bits per heavy atom. The van der Waals surface area contributed by atoms with Crippen LogP contribution in [0.15, 0.2) is 0 Å². The van der Waals surface area contributed by atoms with Crippen molar-refractivity contribution < 1.29 is 80.2 Å². The number of carbonyl (C=O) groups is 4. The Hall–Kier alpha value is -1.94. The molecule has 0 bridgehead atoms. The third-order valence-electron chi connectivity index (χ3n) is 20.8. The highest BCUT2D eigenvalue weighted by molar-refractivity contribution is 7.47. The van der Waals surface area contributed by atoms with Crippen LogP contribution in [0, 0.1) is 11.8 Å². The SMILES string of the molecule is CCCCCCCCCCCCCCCCCCCCCCCC(=O)O[C@H](COC(=O)CCCCCCCCCCCCCCCCCCCCCC)COP(=O)(O)OC[C@@H](O)COP(=O)(O)OC[C@@H](COC(=O)CCCCCCCCC(C)CC)OC(=O)CCCCCCCCCCCCCCC(C)C. The smallest absolute Gasteiger partial charge is 0.462 e. The zero-order chi connectivity index (χ0) is 77.8. The molecule has 0 aliphatic carbocycles. The number of rotatable bonds is 86. The first-order valence-electron chi connectivity index (χ1n) is 45.0. The molecule has 0 aliphatic heterocycles. The van der Waals surface area contributed by atoms with Gasteiger partial charge in [-0.05, 0) is 37.5 Å². The van der Waals surface area contributed by atoms with Crippen molar-refractivity contribution in [3.8, 4) is 0 Å². The molecule has 0 spiro atoms. The number of hydrogen-bond acceptors (Lipinski definition) is 15. The van der Waals surface area contributed by atoms with Gasteiger partial charge >= 0.3 is 39.5 Å². The van der Waals surface area contributed by atoms with Crippen molar-refractivity contribution in [2.24, 2.45) is 11.8 Å². The molecule has 0 heterocycles. The van der Waals surface area contributed by atoms with E-state index in [1.54, 1.807) is 0 Å². The molecule has 0 saturated carbocycles. The van der Waals surface area contributed by atoms with Crippen LogP contribution in [-0.4, -0.2) is 96.7 Å². The third kappa shape index (κ3) is 78.7. The summed E-state index contributed by atoms with van der Waals surface area (Å²) in [6.45, 7) is 9.64. The molecule has 0 saturated heterocycles. The second-order valence-electron chi connectivity index (χ2n) is 32.0. The molecule has 0 aromatic rings. The quantitative estimate of drug-likeness (QED) is 0.0222. The lowest BCUT2D eigenvalue weighted by Gasteiger charge is -2.21. The van der Waals surface area contributed by atoms with E-state index in [-0.39, 0.29) is 25.7 Å². The Bertz CT molecular complexity index is 2030. The second kappa shape index (κ2) is 78.3. The molecule has 106 heavy (non-hydrogen) atoms. The molecular weight excluding hydrogens is 1380 g/mol. The third-order valence-corrected chi connectivity index (χ3v) is 22.7. The van der Waals surface area contributed by atoms with Gasteiger partial charge in [0.05, 0.1) is 26.4 Å². The molecular formula is C87H170O17P2. The maximum absolute atomic E-state index is 13.2. The first kappa shape index (κ1) is 104. The van der Waals surface area contributed by atoms with E-state index < -0.39 is 97.5 Å². The Morgan fingerprint density at radius 3 is 0.717 bits per heavy atom. The van der Waals surface area contributed by atoms with Gasteiger partial charge in [0.2, 0.25) is 0 Å². The summed E-state index contributed by atoms with van der Waals surface area (Å²) in [5.74, 6) is -0.596. The van der Waals surface area contributed by atoms with Crippen LogP contribution in [0.2, 0.25) is 0 Å². The molecule has 0 fully saturated rings. The monoisotopic (exact) mass is 1550 g/mol. The predicted octanol–water partition coefficient (Wildman–Crippen LogP) is 26.6. The summed E-state index contributed by atoms with van der Waals surface area (Å²) < 4.78 is 68.9. The van der Waals surface area contributed by atoms with Crippen molar-refractivity contribution >= 4 is 39.5 Å². The number of aliphatic hydroxyl groups excluding tert-OH is 1. The highest BCUT2D eigenvalue weighted by atomic mass is 31.2. The summed E-state index contributed by atoms with van der Waals surface area (Å²) in [5.41, 5.74) is 0. The fourth-order valence-corrected chi connectivity index (χ4v) is 15.1. The number of ether oxygens (including phenoxy) is 4. The van der Waals surface area contributed by atoms with Crippen molar-refractivity contribution in [3.63, 3.8) is 0 Å². The van der Waals surface area contributed by atoms with Gasteiger partial charge in [-0.15, -0.1) is 0 Å². The first-order chi connectivity index (χ1) is 51.4. The average Bonchev–Trinajstić information content (AvgIpc) is 0.902. The molecule has 630 valence electrons. The summed E-state index contributed by atoms with van der Waals surface area (Å²) in [5, 5.41) is 10.7. The lowest BCUT2D eigenvalue weighted by molar-refractivity contribution is -0.161. The van der Waals surface area contributed by atoms with Crippen LogP contribution in [0.3, 0.4) is 0 Å². The van der Waals surface area contributed by atoms with E-state index in [9.17, 15) is 43.2 Å². The Morgan fingerprint density at radius 2 is 0.481 bits per heavy atom. The molecule has 17 nitrogen and oxygen atoms in total. The summed E-state index contributed by atoms with van der Waals surface area (Å²) in [6, 6.07) is 0. The van der Waals surface area contributed by atoms with E-state index in [1.807, 2.05) is 0 Å². The van der Waals surface area contributed by atoms with Crippen LogP contribution in [0.4, 0.5) is 0 Å². The van der Waals surface area contributed by atoms with Crippen molar-refractivity contribution in [3.05, 3.63) is 0 Å². The number of unbranched alkanes of at least 4 members (excludes halogenated alkanes) is 55. The van der Waals surface area contributed by atoms with Gasteiger partial charge in [0.25, 0.3) is 0 Å². The molecule has 3 N–H and O–H groups in total. The standard InChI is InChI=1S/C87H170O17P2/c1-7-10-12-14-16-18-20-22-24-26-28-30-32-34-36-38-43-47-51-59-65-71-86(91)103-82(75-97-84(89)69-63-57-50-46-42-37-35-33-31-29-27-25-23-21-19-17-15-13-11-8-2)77-101-105(93,94)99-73-81(88)74-100-106(95,96)102-78-83(76-98-85(90)70-64-58-54-53-56-62-68-80(6)9-3)104-87(92)72-66-60-52-48-44-40-39-41-45-49-55-61-67-79(4)5/h79-83,88H,7-78H2,1-6H3,(H,93,94)(H,95,96)/t80?,81-,82-,83-/m1/s1. The van der Waals surface area contributed by atoms with Gasteiger partial charge in [-0.2, -0.15) is 0 Å². The normalized spacial score (nSPS) is 14.1. The zero-order valence-electron chi connectivity index (χ0n) is 69.7. The Kier molecular flexibility index (Phi) is 76.9. The van der Waals surface area contributed by atoms with Crippen LogP contribution in [0.25, 0.3) is 0 Å². The van der Waals surface area contributed by atoms with Crippen LogP contribution in [0.5, 0.6) is 0 Å². The number of phosphoric acid groups is 2. The molecule has 19 heteroatoms. The fraction of sp³-hybridized carbons (Fsp3) is 0.954. The van der Waals surface area contributed by atoms with E-state index in [0.29, 0.717) is 25.7 Å². The molecule has 6 atom stereocenters. The van der Waals surface area contributed by atoms with Crippen LogP contribution in [0.1, 0.15) is 465 Å². The van der Waals surface area contributed by atoms with Crippen molar-refractivity contribution in [2.45, 2.75) is 484 Å². The average molecular weight is 1550 g/mol. The van der Waals surface area contributed by atoms with E-state index in [1.165, 1.54) is 276 Å². The van der Waals surface area contributed by atoms with Gasteiger partial charge in [0.1, 0.15) is 19.3 Å². The van der Waals surface area contributed by atoms with Crippen molar-refractivity contribution in [2.75, 3.05) is 39.6 Å². The lowest BCUT2D eigenvalue weighted by atomic mass is 10.00. The first-order valence-corrected chi connectivity index (χ1v) is 48.0. The van der Waals surface area contributed by atoms with E-state index in [2.05, 4.69) is 41.5 Å². The maximum atomic E-state index is 13.2. The fourth-order valence-electron chi connectivity index (χ4n) is 13.6. The minimum Gasteiger partial charge on any atom is -0.462 e. The largest absolute Gasteiger partial charge is 0.472 e. The molecule has 0 rings (SSSR count). The van der Waals surface area contributed by atoms with Gasteiger partial charge in [-0.25, -0.2) is 9.13 Å². The van der Waals surface area contributed by atoms with Gasteiger partial charge in [-0.3, -0.25) is 37.3 Å². The number of esters is 4.